The van der Waals surface area contributed by atoms with Gasteiger partial charge in [-0.15, -0.1) is 0 Å². The number of rotatable bonds is 3. The molecule has 2 nitrogen and oxygen atoms in total. The molecule has 128 valence electrons. The summed E-state index contributed by atoms with van der Waals surface area (Å²) in [5, 5.41) is 0. The van der Waals surface area contributed by atoms with Gasteiger partial charge in [-0.1, -0.05) is 38.5 Å². The van der Waals surface area contributed by atoms with Gasteiger partial charge in [-0.25, -0.2) is 0 Å². The molecule has 2 rings (SSSR count). The van der Waals surface area contributed by atoms with E-state index in [1.54, 1.807) is 0 Å². The number of nitrogens with zero attached hydrogens (tertiary/aromatic N) is 1. The van der Waals surface area contributed by atoms with E-state index >= 15 is 0 Å². The average molecular weight is 327 g/mol. The number of hydrogen-bond acceptors (Lipinski definition) is 1. The molecule has 0 aromatic rings. The van der Waals surface area contributed by atoms with Gasteiger partial charge in [-0.3, -0.25) is 4.79 Å². The Bertz CT molecular complexity index is 366. The summed E-state index contributed by atoms with van der Waals surface area (Å²) in [5.41, 5.74) is 0. The highest BCUT2D eigenvalue weighted by Gasteiger charge is 2.65. The molecule has 7 heteroatoms. The SMILES string of the molecule is O=C(N(C1CCCCC1)C1CCCCC1)C(F)(F)C(F)(F)F. The molecule has 0 aromatic heterocycles. The van der Waals surface area contributed by atoms with Crippen molar-refractivity contribution in [1.29, 1.82) is 0 Å². The van der Waals surface area contributed by atoms with Crippen molar-refractivity contribution in [3.05, 3.63) is 0 Å². The van der Waals surface area contributed by atoms with Gasteiger partial charge >= 0.3 is 18.0 Å². The van der Waals surface area contributed by atoms with Crippen molar-refractivity contribution in [2.45, 2.75) is 88.4 Å². The van der Waals surface area contributed by atoms with Crippen LogP contribution in [0.3, 0.4) is 0 Å². The predicted octanol–water partition coefficient (Wildman–Crippen LogP) is 4.68. The molecule has 0 radical (unpaired) electrons. The second-order valence-corrected chi connectivity index (χ2v) is 6.37. The molecule has 0 aliphatic heterocycles. The van der Waals surface area contributed by atoms with Crippen LogP contribution in [0.4, 0.5) is 22.0 Å². The van der Waals surface area contributed by atoms with E-state index in [1.807, 2.05) is 0 Å². The minimum absolute atomic E-state index is 0.474. The van der Waals surface area contributed by atoms with Crippen LogP contribution in [-0.2, 0) is 4.79 Å². The van der Waals surface area contributed by atoms with Crippen molar-refractivity contribution in [3.8, 4) is 0 Å². The van der Waals surface area contributed by atoms with E-state index in [4.69, 9.17) is 0 Å². The molecule has 2 fully saturated rings. The maximum atomic E-state index is 13.6. The van der Waals surface area contributed by atoms with Crippen molar-refractivity contribution in [3.63, 3.8) is 0 Å². The van der Waals surface area contributed by atoms with E-state index in [0.717, 1.165) is 43.4 Å². The Morgan fingerprint density at radius 1 is 0.727 bits per heavy atom. The summed E-state index contributed by atoms with van der Waals surface area (Å²) < 4.78 is 64.9. The molecule has 2 aliphatic rings. The molecule has 0 atom stereocenters. The van der Waals surface area contributed by atoms with Gasteiger partial charge in [0.2, 0.25) is 0 Å². The van der Waals surface area contributed by atoms with Gasteiger partial charge in [0.05, 0.1) is 0 Å². The van der Waals surface area contributed by atoms with E-state index in [-0.39, 0.29) is 0 Å². The second kappa shape index (κ2) is 6.71. The van der Waals surface area contributed by atoms with E-state index in [2.05, 4.69) is 0 Å². The van der Waals surface area contributed by atoms with Crippen LogP contribution in [0.2, 0.25) is 0 Å². The summed E-state index contributed by atoms with van der Waals surface area (Å²) in [5.74, 6) is -7.33. The quantitative estimate of drug-likeness (QED) is 0.689. The first-order valence-corrected chi connectivity index (χ1v) is 8.02. The highest BCUT2D eigenvalue weighted by atomic mass is 19.4. The van der Waals surface area contributed by atoms with Crippen molar-refractivity contribution in [1.82, 2.24) is 4.90 Å². The molecule has 0 spiro atoms. The van der Waals surface area contributed by atoms with E-state index in [9.17, 15) is 26.7 Å². The van der Waals surface area contributed by atoms with Crippen LogP contribution in [0.25, 0.3) is 0 Å². The standard InChI is InChI=1S/C15H22F5NO/c16-14(17,15(18,19)20)13(22)21(11-7-3-1-4-8-11)12-9-5-2-6-10-12/h11-12H,1-10H2. The van der Waals surface area contributed by atoms with Gasteiger partial charge < -0.3 is 4.90 Å². The summed E-state index contributed by atoms with van der Waals surface area (Å²) in [7, 11) is 0. The summed E-state index contributed by atoms with van der Waals surface area (Å²) in [6.07, 6.45) is 1.26. The van der Waals surface area contributed by atoms with Crippen molar-refractivity contribution in [2.24, 2.45) is 0 Å². The minimum Gasteiger partial charge on any atom is -0.331 e. The lowest BCUT2D eigenvalue weighted by Gasteiger charge is -2.43. The zero-order valence-electron chi connectivity index (χ0n) is 12.5. The van der Waals surface area contributed by atoms with E-state index in [1.165, 1.54) is 0 Å². The van der Waals surface area contributed by atoms with Crippen LogP contribution in [-0.4, -0.2) is 35.0 Å². The monoisotopic (exact) mass is 327 g/mol. The molecular weight excluding hydrogens is 305 g/mol. The lowest BCUT2D eigenvalue weighted by atomic mass is 9.88. The average Bonchev–Trinajstić information content (AvgIpc) is 2.48. The van der Waals surface area contributed by atoms with E-state index in [0.29, 0.717) is 25.7 Å². The molecule has 0 saturated heterocycles. The van der Waals surface area contributed by atoms with Gasteiger partial charge in [0, 0.05) is 12.1 Å². The molecule has 2 aliphatic carbocycles. The van der Waals surface area contributed by atoms with Gasteiger partial charge in [0.1, 0.15) is 0 Å². The maximum absolute atomic E-state index is 13.6. The highest BCUT2D eigenvalue weighted by molar-refractivity contribution is 5.85. The van der Waals surface area contributed by atoms with Crippen molar-refractivity contribution in [2.75, 3.05) is 0 Å². The highest BCUT2D eigenvalue weighted by Crippen LogP contribution is 2.40. The zero-order chi connectivity index (χ0) is 16.4. The Kier molecular flexibility index (Phi) is 5.33. The molecule has 0 heterocycles. The van der Waals surface area contributed by atoms with Crippen LogP contribution >= 0.6 is 0 Å². The number of carbonyl (C=O) groups is 1. The Hall–Kier alpha value is -0.880. The summed E-state index contributed by atoms with van der Waals surface area (Å²) in [6.45, 7) is 0. The Labute approximate surface area is 127 Å². The van der Waals surface area contributed by atoms with Gasteiger partial charge in [0.15, 0.2) is 0 Å². The van der Waals surface area contributed by atoms with Crippen molar-refractivity contribution >= 4 is 5.91 Å². The number of amides is 1. The molecule has 1 amide bonds. The largest absolute Gasteiger partial charge is 0.463 e. The Morgan fingerprint density at radius 2 is 1.09 bits per heavy atom. The lowest BCUT2D eigenvalue weighted by molar-refractivity contribution is -0.276. The molecule has 0 aromatic carbocycles. The predicted molar refractivity (Wildman–Crippen MR) is 71.6 cm³/mol. The molecule has 0 N–H and O–H groups in total. The number of alkyl halides is 5. The topological polar surface area (TPSA) is 20.3 Å². The summed E-state index contributed by atoms with van der Waals surface area (Å²) >= 11 is 0. The second-order valence-electron chi connectivity index (χ2n) is 6.37. The number of halogens is 5. The smallest absolute Gasteiger partial charge is 0.331 e. The molecule has 22 heavy (non-hydrogen) atoms. The number of carbonyl (C=O) groups excluding carboxylic acids is 1. The van der Waals surface area contributed by atoms with Crippen molar-refractivity contribution < 1.29 is 26.7 Å². The fourth-order valence-corrected chi connectivity index (χ4v) is 3.63. The normalized spacial score (nSPS) is 22.6. The third-order valence-corrected chi connectivity index (χ3v) is 4.80. The third-order valence-electron chi connectivity index (χ3n) is 4.80. The summed E-state index contributed by atoms with van der Waals surface area (Å²) in [6, 6.07) is -0.949. The fourth-order valence-electron chi connectivity index (χ4n) is 3.63. The van der Waals surface area contributed by atoms with Crippen LogP contribution in [0.5, 0.6) is 0 Å². The van der Waals surface area contributed by atoms with Crippen LogP contribution in [0.1, 0.15) is 64.2 Å². The molecule has 2 saturated carbocycles. The van der Waals surface area contributed by atoms with Gasteiger partial charge in [0.25, 0.3) is 0 Å². The Balaban J connectivity index is 2.24. The lowest BCUT2D eigenvalue weighted by Crippen LogP contribution is -2.58. The fraction of sp³-hybridized carbons (Fsp3) is 0.933. The zero-order valence-corrected chi connectivity index (χ0v) is 12.5. The summed E-state index contributed by atoms with van der Waals surface area (Å²) in [4.78, 5) is 13.0. The van der Waals surface area contributed by atoms with Crippen LogP contribution in [0.15, 0.2) is 0 Å². The first kappa shape index (κ1) is 17.5. The minimum atomic E-state index is -5.83. The number of hydrogen-bond donors (Lipinski definition) is 0. The first-order chi connectivity index (χ1) is 10.2. The van der Waals surface area contributed by atoms with Gasteiger partial charge in [-0.2, -0.15) is 22.0 Å². The maximum Gasteiger partial charge on any atom is 0.463 e. The molecular formula is C15H22F5NO. The van der Waals surface area contributed by atoms with Crippen LogP contribution in [0, 0.1) is 0 Å². The third kappa shape index (κ3) is 3.54. The first-order valence-electron chi connectivity index (χ1n) is 8.02. The Morgan fingerprint density at radius 3 is 1.41 bits per heavy atom. The van der Waals surface area contributed by atoms with E-state index < -0.39 is 30.1 Å². The molecule has 0 bridgehead atoms. The molecule has 0 unspecified atom stereocenters. The van der Waals surface area contributed by atoms with Gasteiger partial charge in [-0.05, 0) is 25.7 Å². The van der Waals surface area contributed by atoms with Crippen LogP contribution < -0.4 is 0 Å².